The van der Waals surface area contributed by atoms with E-state index in [1.54, 1.807) is 0 Å². The molecule has 2 nitrogen and oxygen atoms in total. The summed E-state index contributed by atoms with van der Waals surface area (Å²) < 4.78 is 5.98. The first-order chi connectivity index (χ1) is 8.95. The predicted molar refractivity (Wildman–Crippen MR) is 75.7 cm³/mol. The summed E-state index contributed by atoms with van der Waals surface area (Å²) in [5, 5.41) is 0. The zero-order valence-electron chi connectivity index (χ0n) is 12.7. The molecule has 2 heteroatoms. The van der Waals surface area contributed by atoms with Gasteiger partial charge in [0, 0.05) is 5.41 Å². The third-order valence-electron chi connectivity index (χ3n) is 6.91. The fourth-order valence-corrected chi connectivity index (χ4v) is 4.88. The first-order valence-corrected chi connectivity index (χ1v) is 8.15. The minimum atomic E-state index is 0.106. The molecule has 19 heavy (non-hydrogen) atoms. The van der Waals surface area contributed by atoms with Gasteiger partial charge in [0.2, 0.25) is 0 Å². The summed E-state index contributed by atoms with van der Waals surface area (Å²) in [7, 11) is 0. The Bertz CT molecular complexity index is 367. The molecular formula is C17H28O2. The Hall–Kier alpha value is -0.530. The summed E-state index contributed by atoms with van der Waals surface area (Å²) >= 11 is 0. The molecule has 0 amide bonds. The lowest BCUT2D eigenvalue weighted by Gasteiger charge is -2.39. The molecule has 0 N–H and O–H groups in total. The SMILES string of the molecule is CC1(C)C2CCC1(C)C(OC(=O)C1CCCCC1)C2. The first kappa shape index (κ1) is 13.5. The monoisotopic (exact) mass is 264 g/mol. The van der Waals surface area contributed by atoms with Crippen molar-refractivity contribution in [1.29, 1.82) is 0 Å². The van der Waals surface area contributed by atoms with Gasteiger partial charge in [-0.2, -0.15) is 0 Å². The van der Waals surface area contributed by atoms with Crippen LogP contribution < -0.4 is 0 Å². The quantitative estimate of drug-likeness (QED) is 0.694. The van der Waals surface area contributed by atoms with E-state index in [0.717, 1.165) is 25.2 Å². The Morgan fingerprint density at radius 1 is 1.05 bits per heavy atom. The first-order valence-electron chi connectivity index (χ1n) is 8.15. The fourth-order valence-electron chi connectivity index (χ4n) is 4.88. The molecule has 3 saturated carbocycles. The van der Waals surface area contributed by atoms with Crippen molar-refractivity contribution in [1.82, 2.24) is 0 Å². The molecule has 0 radical (unpaired) electrons. The zero-order chi connectivity index (χ0) is 13.7. The maximum Gasteiger partial charge on any atom is 0.309 e. The van der Waals surface area contributed by atoms with Crippen molar-refractivity contribution < 1.29 is 9.53 Å². The van der Waals surface area contributed by atoms with Gasteiger partial charge in [0.1, 0.15) is 6.10 Å². The molecule has 0 aromatic rings. The molecule has 0 heterocycles. The number of hydrogen-bond donors (Lipinski definition) is 0. The molecule has 3 atom stereocenters. The normalized spacial score (nSPS) is 41.4. The highest BCUT2D eigenvalue weighted by Crippen LogP contribution is 2.66. The van der Waals surface area contributed by atoms with E-state index in [0.29, 0.717) is 5.41 Å². The molecule has 0 saturated heterocycles. The van der Waals surface area contributed by atoms with E-state index in [1.807, 2.05) is 0 Å². The van der Waals surface area contributed by atoms with Crippen molar-refractivity contribution in [2.45, 2.75) is 78.2 Å². The smallest absolute Gasteiger partial charge is 0.309 e. The van der Waals surface area contributed by atoms with Crippen molar-refractivity contribution in [3.63, 3.8) is 0 Å². The van der Waals surface area contributed by atoms with E-state index in [1.165, 1.54) is 32.1 Å². The van der Waals surface area contributed by atoms with Crippen LogP contribution in [0.25, 0.3) is 0 Å². The van der Waals surface area contributed by atoms with E-state index < -0.39 is 0 Å². The van der Waals surface area contributed by atoms with E-state index in [-0.39, 0.29) is 23.4 Å². The van der Waals surface area contributed by atoms with Gasteiger partial charge in [0.15, 0.2) is 0 Å². The molecule has 3 aliphatic carbocycles. The molecule has 2 bridgehead atoms. The molecular weight excluding hydrogens is 236 g/mol. The number of carbonyl (C=O) groups excluding carboxylic acids is 1. The molecule has 3 rings (SSSR count). The van der Waals surface area contributed by atoms with Gasteiger partial charge in [0.05, 0.1) is 5.92 Å². The summed E-state index contributed by atoms with van der Waals surface area (Å²) in [5.74, 6) is 1.05. The standard InChI is InChI=1S/C17H28O2/c1-16(2)13-9-10-17(16,3)14(11-13)19-15(18)12-7-5-4-6-8-12/h12-14H,4-11H2,1-3H3. The predicted octanol–water partition coefficient (Wildman–Crippen LogP) is 4.32. The Kier molecular flexibility index (Phi) is 3.18. The van der Waals surface area contributed by atoms with Gasteiger partial charge in [-0.15, -0.1) is 0 Å². The van der Waals surface area contributed by atoms with Gasteiger partial charge in [0.25, 0.3) is 0 Å². The highest BCUT2D eigenvalue weighted by atomic mass is 16.5. The van der Waals surface area contributed by atoms with Gasteiger partial charge in [-0.3, -0.25) is 4.79 Å². The Labute approximate surface area is 117 Å². The molecule has 0 spiro atoms. The van der Waals surface area contributed by atoms with Crippen LogP contribution in [-0.4, -0.2) is 12.1 Å². The second kappa shape index (κ2) is 4.49. The maximum atomic E-state index is 12.4. The third-order valence-corrected chi connectivity index (χ3v) is 6.91. The average Bonchev–Trinajstić information content (AvgIpc) is 2.73. The molecule has 0 aliphatic heterocycles. The molecule has 0 aromatic heterocycles. The van der Waals surface area contributed by atoms with Crippen LogP contribution in [0, 0.1) is 22.7 Å². The summed E-state index contributed by atoms with van der Waals surface area (Å²) in [6.45, 7) is 7.09. The van der Waals surface area contributed by atoms with Crippen LogP contribution in [0.3, 0.4) is 0 Å². The second-order valence-corrected chi connectivity index (χ2v) is 7.87. The Morgan fingerprint density at radius 2 is 1.74 bits per heavy atom. The third kappa shape index (κ3) is 1.94. The summed E-state index contributed by atoms with van der Waals surface area (Å²) in [4.78, 5) is 12.4. The molecule has 3 unspecified atom stereocenters. The minimum Gasteiger partial charge on any atom is -0.462 e. The number of fused-ring (bicyclic) bond motifs is 2. The fraction of sp³-hybridized carbons (Fsp3) is 0.941. The Morgan fingerprint density at radius 3 is 2.26 bits per heavy atom. The van der Waals surface area contributed by atoms with Crippen LogP contribution in [-0.2, 0) is 9.53 Å². The van der Waals surface area contributed by atoms with Crippen molar-refractivity contribution in [3.8, 4) is 0 Å². The molecule has 0 aromatic carbocycles. The van der Waals surface area contributed by atoms with Crippen LogP contribution in [0.5, 0.6) is 0 Å². The lowest BCUT2D eigenvalue weighted by molar-refractivity contribution is -0.163. The van der Waals surface area contributed by atoms with E-state index in [9.17, 15) is 4.79 Å². The second-order valence-electron chi connectivity index (χ2n) is 7.87. The molecule has 3 aliphatic rings. The van der Waals surface area contributed by atoms with Crippen LogP contribution in [0.1, 0.15) is 72.1 Å². The number of carbonyl (C=O) groups is 1. The van der Waals surface area contributed by atoms with E-state index >= 15 is 0 Å². The largest absolute Gasteiger partial charge is 0.462 e. The highest BCUT2D eigenvalue weighted by molar-refractivity contribution is 5.72. The van der Waals surface area contributed by atoms with Crippen molar-refractivity contribution >= 4 is 5.97 Å². The molecule has 108 valence electrons. The van der Waals surface area contributed by atoms with Crippen LogP contribution in [0.15, 0.2) is 0 Å². The van der Waals surface area contributed by atoms with Crippen molar-refractivity contribution in [2.24, 2.45) is 22.7 Å². The van der Waals surface area contributed by atoms with E-state index in [2.05, 4.69) is 20.8 Å². The summed E-state index contributed by atoms with van der Waals surface area (Å²) in [5.41, 5.74) is 0.548. The van der Waals surface area contributed by atoms with Gasteiger partial charge in [-0.05, 0) is 43.4 Å². The average molecular weight is 264 g/mol. The summed E-state index contributed by atoms with van der Waals surface area (Å²) in [6.07, 6.45) is 9.63. The maximum absolute atomic E-state index is 12.4. The highest BCUT2D eigenvalue weighted by Gasteiger charge is 2.62. The van der Waals surface area contributed by atoms with Gasteiger partial charge in [-0.25, -0.2) is 0 Å². The van der Waals surface area contributed by atoms with Gasteiger partial charge in [-0.1, -0.05) is 40.0 Å². The van der Waals surface area contributed by atoms with Gasteiger partial charge < -0.3 is 4.74 Å². The van der Waals surface area contributed by atoms with Crippen LogP contribution >= 0.6 is 0 Å². The van der Waals surface area contributed by atoms with E-state index in [4.69, 9.17) is 4.74 Å². The number of rotatable bonds is 2. The number of ether oxygens (including phenoxy) is 1. The van der Waals surface area contributed by atoms with Crippen molar-refractivity contribution in [2.75, 3.05) is 0 Å². The van der Waals surface area contributed by atoms with Crippen LogP contribution in [0.2, 0.25) is 0 Å². The lowest BCUT2D eigenvalue weighted by Crippen LogP contribution is -2.39. The number of esters is 1. The zero-order valence-corrected chi connectivity index (χ0v) is 12.7. The lowest BCUT2D eigenvalue weighted by atomic mass is 9.70. The van der Waals surface area contributed by atoms with Gasteiger partial charge >= 0.3 is 5.97 Å². The van der Waals surface area contributed by atoms with Crippen LogP contribution in [0.4, 0.5) is 0 Å². The Balaban J connectivity index is 1.66. The topological polar surface area (TPSA) is 26.3 Å². The van der Waals surface area contributed by atoms with Crippen molar-refractivity contribution in [3.05, 3.63) is 0 Å². The molecule has 3 fully saturated rings. The minimum absolute atomic E-state index is 0.106. The number of hydrogen-bond acceptors (Lipinski definition) is 2. The summed E-state index contributed by atoms with van der Waals surface area (Å²) in [6, 6.07) is 0.